The molecule has 1 aromatic carbocycles. The van der Waals surface area contributed by atoms with Crippen molar-refractivity contribution < 1.29 is 0 Å². The first-order valence-corrected chi connectivity index (χ1v) is 4.10. The highest BCUT2D eigenvalue weighted by atomic mass is 35.5. The first-order chi connectivity index (χ1) is 5.38. The number of halogens is 1. The van der Waals surface area contributed by atoms with Crippen LogP contribution in [0.3, 0.4) is 0 Å². The number of rotatable bonds is 3. The van der Waals surface area contributed by atoms with Crippen molar-refractivity contribution in [1.82, 2.24) is 5.32 Å². The van der Waals surface area contributed by atoms with Gasteiger partial charge in [0.05, 0.1) is 0 Å². The predicted molar refractivity (Wildman–Crippen MR) is 55.8 cm³/mol. The van der Waals surface area contributed by atoms with Crippen molar-refractivity contribution in [3.63, 3.8) is 0 Å². The van der Waals surface area contributed by atoms with Crippen molar-refractivity contribution in [1.29, 1.82) is 0 Å². The van der Waals surface area contributed by atoms with Crippen LogP contribution >= 0.6 is 12.4 Å². The molecular formula is C10H16ClN. The number of hydrogen-bond donors (Lipinski definition) is 1. The van der Waals surface area contributed by atoms with Gasteiger partial charge in [-0.3, -0.25) is 0 Å². The fraction of sp³-hybridized carbons (Fsp3) is 0.400. The molecule has 0 fully saturated rings. The molecule has 0 aliphatic carbocycles. The van der Waals surface area contributed by atoms with E-state index in [-0.39, 0.29) is 12.4 Å². The predicted octanol–water partition coefficient (Wildman–Crippen LogP) is 2.78. The Bertz CT molecular complexity index is 194. The minimum absolute atomic E-state index is 0. The van der Waals surface area contributed by atoms with Gasteiger partial charge >= 0.3 is 0 Å². The Labute approximate surface area is 80.6 Å². The van der Waals surface area contributed by atoms with Crippen LogP contribution in [0, 0.1) is 0 Å². The van der Waals surface area contributed by atoms with Gasteiger partial charge in [-0.25, -0.2) is 0 Å². The molecule has 68 valence electrons. The summed E-state index contributed by atoms with van der Waals surface area (Å²) >= 11 is 0. The summed E-state index contributed by atoms with van der Waals surface area (Å²) in [4.78, 5) is 0. The van der Waals surface area contributed by atoms with E-state index in [4.69, 9.17) is 0 Å². The van der Waals surface area contributed by atoms with Gasteiger partial charge in [-0.1, -0.05) is 37.3 Å². The average Bonchev–Trinajstić information content (AvgIpc) is 2.09. The van der Waals surface area contributed by atoms with Crippen molar-refractivity contribution in [3.05, 3.63) is 35.9 Å². The molecular weight excluding hydrogens is 170 g/mol. The summed E-state index contributed by atoms with van der Waals surface area (Å²) in [6, 6.07) is 11.0. The molecule has 0 spiro atoms. The van der Waals surface area contributed by atoms with Crippen molar-refractivity contribution in [2.45, 2.75) is 19.4 Å². The van der Waals surface area contributed by atoms with Gasteiger partial charge in [-0.2, -0.15) is 0 Å². The molecule has 0 aromatic heterocycles. The molecule has 1 rings (SSSR count). The summed E-state index contributed by atoms with van der Waals surface area (Å²) in [6.07, 6.45) is 1.14. The van der Waals surface area contributed by atoms with Crippen LogP contribution in [0.25, 0.3) is 0 Å². The third-order valence-electron chi connectivity index (χ3n) is 1.96. The third-order valence-corrected chi connectivity index (χ3v) is 1.96. The number of nitrogens with one attached hydrogen (secondary N) is 1. The van der Waals surface area contributed by atoms with Crippen LogP contribution in [-0.2, 0) is 0 Å². The highest BCUT2D eigenvalue weighted by Gasteiger charge is 2.03. The van der Waals surface area contributed by atoms with Gasteiger partial charge in [0, 0.05) is 6.04 Å². The van der Waals surface area contributed by atoms with Gasteiger partial charge in [-0.15, -0.1) is 12.4 Å². The molecule has 0 amide bonds. The average molecular weight is 186 g/mol. The molecule has 1 atom stereocenters. The normalized spacial score (nSPS) is 11.8. The van der Waals surface area contributed by atoms with Crippen LogP contribution in [0.15, 0.2) is 30.3 Å². The molecule has 0 bridgehead atoms. The van der Waals surface area contributed by atoms with Gasteiger partial charge in [-0.05, 0) is 19.0 Å². The van der Waals surface area contributed by atoms with Crippen molar-refractivity contribution in [3.8, 4) is 0 Å². The van der Waals surface area contributed by atoms with Crippen LogP contribution in [0.2, 0.25) is 0 Å². The van der Waals surface area contributed by atoms with Crippen LogP contribution in [-0.4, -0.2) is 7.05 Å². The quantitative estimate of drug-likeness (QED) is 0.764. The highest BCUT2D eigenvalue weighted by Crippen LogP contribution is 2.14. The van der Waals surface area contributed by atoms with Crippen molar-refractivity contribution in [2.24, 2.45) is 0 Å². The lowest BCUT2D eigenvalue weighted by molar-refractivity contribution is 0.577. The second-order valence-corrected chi connectivity index (χ2v) is 2.66. The maximum atomic E-state index is 3.27. The first kappa shape index (κ1) is 11.5. The lowest BCUT2D eigenvalue weighted by Crippen LogP contribution is -2.14. The summed E-state index contributed by atoms with van der Waals surface area (Å²) < 4.78 is 0. The standard InChI is InChI=1S/C10H15N.ClH/c1-3-10(11-2)9-7-5-4-6-8-9;/h4-8,10-11H,3H2,1-2H3;1H/t10-;/m1./s1. The van der Waals surface area contributed by atoms with Gasteiger partial charge in [0.25, 0.3) is 0 Å². The van der Waals surface area contributed by atoms with Crippen LogP contribution < -0.4 is 5.32 Å². The van der Waals surface area contributed by atoms with Crippen molar-refractivity contribution in [2.75, 3.05) is 7.05 Å². The number of hydrogen-bond acceptors (Lipinski definition) is 1. The molecule has 0 aliphatic rings. The molecule has 0 radical (unpaired) electrons. The summed E-state index contributed by atoms with van der Waals surface area (Å²) in [5, 5.41) is 3.27. The maximum absolute atomic E-state index is 3.27. The molecule has 1 N–H and O–H groups in total. The zero-order valence-electron chi connectivity index (χ0n) is 7.58. The molecule has 0 unspecified atom stereocenters. The van der Waals surface area contributed by atoms with Gasteiger partial charge in [0.1, 0.15) is 0 Å². The Hall–Kier alpha value is -0.530. The van der Waals surface area contributed by atoms with Crippen LogP contribution in [0.5, 0.6) is 0 Å². The zero-order chi connectivity index (χ0) is 8.10. The minimum Gasteiger partial charge on any atom is -0.313 e. The monoisotopic (exact) mass is 185 g/mol. The molecule has 0 saturated heterocycles. The molecule has 0 heterocycles. The van der Waals surface area contributed by atoms with E-state index < -0.39 is 0 Å². The summed E-state index contributed by atoms with van der Waals surface area (Å²) in [5.74, 6) is 0. The summed E-state index contributed by atoms with van der Waals surface area (Å²) in [5.41, 5.74) is 1.37. The smallest absolute Gasteiger partial charge is 0.0314 e. The molecule has 2 heteroatoms. The third kappa shape index (κ3) is 2.84. The molecule has 1 aromatic rings. The van der Waals surface area contributed by atoms with E-state index in [0.717, 1.165) is 6.42 Å². The molecule has 0 saturated carbocycles. The number of benzene rings is 1. The van der Waals surface area contributed by atoms with E-state index in [1.165, 1.54) is 5.56 Å². The topological polar surface area (TPSA) is 12.0 Å². The van der Waals surface area contributed by atoms with E-state index >= 15 is 0 Å². The van der Waals surface area contributed by atoms with E-state index in [2.05, 4.69) is 36.5 Å². The SMILES string of the molecule is CC[C@@H](NC)c1ccccc1.Cl. The Kier molecular flexibility index (Phi) is 5.77. The van der Waals surface area contributed by atoms with E-state index in [0.29, 0.717) is 6.04 Å². The summed E-state index contributed by atoms with van der Waals surface area (Å²) in [7, 11) is 2.00. The lowest BCUT2D eigenvalue weighted by Gasteiger charge is -2.13. The summed E-state index contributed by atoms with van der Waals surface area (Å²) in [6.45, 7) is 2.19. The fourth-order valence-corrected chi connectivity index (χ4v) is 1.29. The fourth-order valence-electron chi connectivity index (χ4n) is 1.29. The highest BCUT2D eigenvalue weighted by molar-refractivity contribution is 5.85. The second kappa shape index (κ2) is 6.04. The van der Waals surface area contributed by atoms with E-state index in [1.807, 2.05) is 13.1 Å². The zero-order valence-corrected chi connectivity index (χ0v) is 8.40. The Balaban J connectivity index is 0.00000121. The van der Waals surface area contributed by atoms with Crippen LogP contribution in [0.1, 0.15) is 24.9 Å². The van der Waals surface area contributed by atoms with Gasteiger partial charge in [0.15, 0.2) is 0 Å². The Morgan fingerprint density at radius 1 is 1.25 bits per heavy atom. The Morgan fingerprint density at radius 3 is 2.25 bits per heavy atom. The van der Waals surface area contributed by atoms with E-state index in [9.17, 15) is 0 Å². The largest absolute Gasteiger partial charge is 0.313 e. The van der Waals surface area contributed by atoms with Gasteiger partial charge < -0.3 is 5.32 Å². The van der Waals surface area contributed by atoms with Crippen LogP contribution in [0.4, 0.5) is 0 Å². The molecule has 1 nitrogen and oxygen atoms in total. The first-order valence-electron chi connectivity index (χ1n) is 4.10. The molecule has 0 aliphatic heterocycles. The van der Waals surface area contributed by atoms with E-state index in [1.54, 1.807) is 0 Å². The molecule has 12 heavy (non-hydrogen) atoms. The Morgan fingerprint density at radius 2 is 1.83 bits per heavy atom. The lowest BCUT2D eigenvalue weighted by atomic mass is 10.1. The van der Waals surface area contributed by atoms with Gasteiger partial charge in [0.2, 0.25) is 0 Å². The maximum Gasteiger partial charge on any atom is 0.0314 e. The minimum atomic E-state index is 0. The second-order valence-electron chi connectivity index (χ2n) is 2.66. The van der Waals surface area contributed by atoms with Crippen molar-refractivity contribution >= 4 is 12.4 Å².